The lowest BCUT2D eigenvalue weighted by Crippen LogP contribution is -2.28. The molecule has 0 atom stereocenters. The molecule has 2 aromatic carbocycles. The van der Waals surface area contributed by atoms with Crippen LogP contribution >= 0.6 is 15.9 Å². The number of carbonyl (C=O) groups excluding carboxylic acids is 1. The minimum Gasteiger partial charge on any atom is -0.383 e. The van der Waals surface area contributed by atoms with E-state index < -0.39 is 0 Å². The van der Waals surface area contributed by atoms with Gasteiger partial charge in [-0.2, -0.15) is 0 Å². The van der Waals surface area contributed by atoms with E-state index in [1.807, 2.05) is 64.7 Å². The molecule has 25 heavy (non-hydrogen) atoms. The molecular formula is C19H20BrN3O2. The number of carbonyl (C=O) groups is 1. The van der Waals surface area contributed by atoms with Crippen LogP contribution in [0.1, 0.15) is 10.4 Å². The molecule has 0 radical (unpaired) electrons. The Bertz CT molecular complexity index is 955. The molecule has 0 bridgehead atoms. The van der Waals surface area contributed by atoms with Crippen LogP contribution in [0.25, 0.3) is 11.0 Å². The van der Waals surface area contributed by atoms with Gasteiger partial charge in [-0.15, -0.1) is 0 Å². The first kappa shape index (κ1) is 17.6. The minimum atomic E-state index is 0.0528. The van der Waals surface area contributed by atoms with E-state index in [-0.39, 0.29) is 12.3 Å². The van der Waals surface area contributed by atoms with E-state index in [1.54, 1.807) is 7.11 Å². The molecule has 0 saturated heterocycles. The fourth-order valence-electron chi connectivity index (χ4n) is 2.83. The topological polar surface area (TPSA) is 48.5 Å². The summed E-state index contributed by atoms with van der Waals surface area (Å²) in [7, 11) is 3.62. The monoisotopic (exact) mass is 401 g/mol. The summed E-state index contributed by atoms with van der Waals surface area (Å²) in [5.74, 6) is 0.0528. The number of aryl methyl sites for hydroxylation is 1. The van der Waals surface area contributed by atoms with Crippen LogP contribution < -0.4 is 5.62 Å². The van der Waals surface area contributed by atoms with Gasteiger partial charge < -0.3 is 13.9 Å². The normalized spacial score (nSPS) is 12.0. The number of methoxy groups -OCH3 is 1. The molecule has 130 valence electrons. The maximum absolute atomic E-state index is 12.7. The van der Waals surface area contributed by atoms with Gasteiger partial charge in [0.05, 0.1) is 30.7 Å². The Morgan fingerprint density at radius 2 is 1.80 bits per heavy atom. The SMILES string of the molecule is COCC/N=c1/n(C)c2ccccc2n1CC(=O)c1ccc(Br)cc1. The fourth-order valence-corrected chi connectivity index (χ4v) is 3.09. The summed E-state index contributed by atoms with van der Waals surface area (Å²) in [5, 5.41) is 0. The molecule has 6 heteroatoms. The average Bonchev–Trinajstić information content (AvgIpc) is 2.88. The van der Waals surface area contributed by atoms with Crippen LogP contribution in [-0.2, 0) is 18.3 Å². The van der Waals surface area contributed by atoms with Crippen LogP contribution in [0, 0.1) is 0 Å². The molecule has 0 saturated carbocycles. The minimum absolute atomic E-state index is 0.0528. The quantitative estimate of drug-likeness (QED) is 0.470. The van der Waals surface area contributed by atoms with Crippen molar-refractivity contribution in [2.45, 2.75) is 6.54 Å². The largest absolute Gasteiger partial charge is 0.383 e. The third kappa shape index (κ3) is 3.75. The molecular weight excluding hydrogens is 382 g/mol. The molecule has 1 aromatic heterocycles. The Labute approximate surface area is 154 Å². The van der Waals surface area contributed by atoms with Crippen molar-refractivity contribution in [3.63, 3.8) is 0 Å². The highest BCUT2D eigenvalue weighted by Crippen LogP contribution is 2.14. The number of rotatable bonds is 6. The number of hydrogen-bond acceptors (Lipinski definition) is 3. The van der Waals surface area contributed by atoms with E-state index in [4.69, 9.17) is 4.74 Å². The van der Waals surface area contributed by atoms with Crippen molar-refractivity contribution in [2.24, 2.45) is 12.0 Å². The number of para-hydroxylation sites is 2. The maximum Gasteiger partial charge on any atom is 0.206 e. The Morgan fingerprint density at radius 1 is 1.12 bits per heavy atom. The van der Waals surface area contributed by atoms with Gasteiger partial charge in [0.25, 0.3) is 0 Å². The highest BCUT2D eigenvalue weighted by atomic mass is 79.9. The second-order valence-electron chi connectivity index (χ2n) is 5.74. The number of hydrogen-bond donors (Lipinski definition) is 0. The van der Waals surface area contributed by atoms with Crippen LogP contribution in [0.4, 0.5) is 0 Å². The van der Waals surface area contributed by atoms with Gasteiger partial charge in [-0.25, -0.2) is 4.99 Å². The van der Waals surface area contributed by atoms with Crippen molar-refractivity contribution in [1.82, 2.24) is 9.13 Å². The molecule has 0 aliphatic heterocycles. The summed E-state index contributed by atoms with van der Waals surface area (Å²) in [6.07, 6.45) is 0. The predicted molar refractivity (Wildman–Crippen MR) is 102 cm³/mol. The number of aromatic nitrogens is 2. The van der Waals surface area contributed by atoms with E-state index in [0.717, 1.165) is 21.1 Å². The summed E-state index contributed by atoms with van der Waals surface area (Å²) < 4.78 is 10.0. The highest BCUT2D eigenvalue weighted by molar-refractivity contribution is 9.10. The number of benzene rings is 2. The van der Waals surface area contributed by atoms with Crippen LogP contribution in [0.3, 0.4) is 0 Å². The number of halogens is 1. The van der Waals surface area contributed by atoms with Gasteiger partial charge in [0.2, 0.25) is 5.62 Å². The lowest BCUT2D eigenvalue weighted by molar-refractivity contribution is 0.0971. The van der Waals surface area contributed by atoms with Crippen molar-refractivity contribution in [1.29, 1.82) is 0 Å². The molecule has 0 amide bonds. The predicted octanol–water partition coefficient (Wildman–Crippen LogP) is 3.17. The standard InChI is InChI=1S/C19H20BrN3O2/c1-22-16-5-3-4-6-17(16)23(19(22)21-11-12-25-2)13-18(24)14-7-9-15(20)10-8-14/h3-10H,11-13H2,1-2H3/b21-19-. The molecule has 0 spiro atoms. The van der Waals surface area contributed by atoms with Crippen molar-refractivity contribution >= 4 is 32.7 Å². The number of imidazole rings is 1. The first-order valence-electron chi connectivity index (χ1n) is 8.04. The summed E-state index contributed by atoms with van der Waals surface area (Å²) in [6, 6.07) is 15.4. The molecule has 0 N–H and O–H groups in total. The Hall–Kier alpha value is -2.18. The van der Waals surface area contributed by atoms with E-state index in [0.29, 0.717) is 18.7 Å². The van der Waals surface area contributed by atoms with Crippen LogP contribution in [-0.4, -0.2) is 35.2 Å². The molecule has 0 aliphatic rings. The van der Waals surface area contributed by atoms with Gasteiger partial charge in [-0.05, 0) is 24.3 Å². The van der Waals surface area contributed by atoms with Gasteiger partial charge in [0.15, 0.2) is 5.78 Å². The lowest BCUT2D eigenvalue weighted by Gasteiger charge is -2.05. The summed E-state index contributed by atoms with van der Waals surface area (Å²) in [6.45, 7) is 1.34. The first-order chi connectivity index (χ1) is 12.1. The zero-order chi connectivity index (χ0) is 17.8. The summed E-state index contributed by atoms with van der Waals surface area (Å²) >= 11 is 3.40. The summed E-state index contributed by atoms with van der Waals surface area (Å²) in [5.41, 5.74) is 3.49. The third-order valence-electron chi connectivity index (χ3n) is 4.09. The Balaban J connectivity index is 2.04. The molecule has 5 nitrogen and oxygen atoms in total. The first-order valence-corrected chi connectivity index (χ1v) is 8.83. The second-order valence-corrected chi connectivity index (χ2v) is 6.65. The number of nitrogens with zero attached hydrogens (tertiary/aromatic N) is 3. The van der Waals surface area contributed by atoms with E-state index in [9.17, 15) is 4.79 Å². The van der Waals surface area contributed by atoms with Gasteiger partial charge in [0, 0.05) is 24.2 Å². The maximum atomic E-state index is 12.7. The van der Waals surface area contributed by atoms with Gasteiger partial charge >= 0.3 is 0 Å². The number of fused-ring (bicyclic) bond motifs is 1. The van der Waals surface area contributed by atoms with Crippen LogP contribution in [0.15, 0.2) is 58.0 Å². The highest BCUT2D eigenvalue weighted by Gasteiger charge is 2.13. The molecule has 3 aromatic rings. The average molecular weight is 402 g/mol. The van der Waals surface area contributed by atoms with Crippen molar-refractivity contribution in [2.75, 3.05) is 20.3 Å². The van der Waals surface area contributed by atoms with E-state index >= 15 is 0 Å². The van der Waals surface area contributed by atoms with Gasteiger partial charge in [-0.3, -0.25) is 4.79 Å². The van der Waals surface area contributed by atoms with Crippen molar-refractivity contribution in [3.8, 4) is 0 Å². The zero-order valence-electron chi connectivity index (χ0n) is 14.3. The summed E-state index contributed by atoms with van der Waals surface area (Å²) in [4.78, 5) is 17.4. The third-order valence-corrected chi connectivity index (χ3v) is 4.62. The Morgan fingerprint density at radius 3 is 2.48 bits per heavy atom. The van der Waals surface area contributed by atoms with Crippen LogP contribution in [0.5, 0.6) is 0 Å². The smallest absolute Gasteiger partial charge is 0.206 e. The molecule has 0 fully saturated rings. The molecule has 1 heterocycles. The van der Waals surface area contributed by atoms with Crippen LogP contribution in [0.2, 0.25) is 0 Å². The van der Waals surface area contributed by atoms with Crippen molar-refractivity contribution < 1.29 is 9.53 Å². The van der Waals surface area contributed by atoms with E-state index in [1.165, 1.54) is 0 Å². The lowest BCUT2D eigenvalue weighted by atomic mass is 10.1. The fraction of sp³-hybridized carbons (Fsp3) is 0.263. The number of Topliss-reactive ketones (excluding diaryl/α,β-unsaturated/α-hetero) is 1. The second kappa shape index (κ2) is 7.80. The molecule has 0 aliphatic carbocycles. The molecule has 3 rings (SSSR count). The van der Waals surface area contributed by atoms with E-state index in [2.05, 4.69) is 20.9 Å². The van der Waals surface area contributed by atoms with Crippen molar-refractivity contribution in [3.05, 3.63) is 64.2 Å². The number of ether oxygens (including phenoxy) is 1. The zero-order valence-corrected chi connectivity index (χ0v) is 15.9. The van der Waals surface area contributed by atoms with Gasteiger partial charge in [-0.1, -0.05) is 40.2 Å². The molecule has 0 unspecified atom stereocenters. The van der Waals surface area contributed by atoms with Gasteiger partial charge in [0.1, 0.15) is 0 Å². The Kier molecular flexibility index (Phi) is 5.50. The number of ketones is 1.